The highest BCUT2D eigenvalue weighted by Crippen LogP contribution is 2.18. The van der Waals surface area contributed by atoms with Gasteiger partial charge in [0.25, 0.3) is 0 Å². The van der Waals surface area contributed by atoms with Crippen LogP contribution < -0.4 is 16.0 Å². The molecular weight excluding hydrogens is 246 g/mol. The summed E-state index contributed by atoms with van der Waals surface area (Å²) in [6.07, 6.45) is 4.77. The molecule has 0 atom stereocenters. The highest BCUT2D eigenvalue weighted by atomic mass is 15.1. The molecule has 0 spiro atoms. The quantitative estimate of drug-likeness (QED) is 0.839. The van der Waals surface area contributed by atoms with Crippen LogP contribution in [0.5, 0.6) is 0 Å². The number of nitrogens with one attached hydrogen (secondary N) is 1. The molecule has 0 aromatic heterocycles. The van der Waals surface area contributed by atoms with Crippen molar-refractivity contribution in [3.05, 3.63) is 29.8 Å². The molecule has 112 valence electrons. The number of hydrogen-bond acceptors (Lipinski definition) is 3. The van der Waals surface area contributed by atoms with Crippen LogP contribution in [0.2, 0.25) is 0 Å². The number of anilines is 1. The molecule has 0 unspecified atom stereocenters. The second kappa shape index (κ2) is 7.65. The molecule has 0 aliphatic heterocycles. The molecule has 1 aliphatic rings. The van der Waals surface area contributed by atoms with E-state index < -0.39 is 0 Å². The maximum absolute atomic E-state index is 5.94. The summed E-state index contributed by atoms with van der Waals surface area (Å²) in [6, 6.07) is 10.0. The van der Waals surface area contributed by atoms with E-state index in [4.69, 9.17) is 5.73 Å². The average Bonchev–Trinajstić information content (AvgIpc) is 2.49. The van der Waals surface area contributed by atoms with Crippen molar-refractivity contribution in [2.75, 3.05) is 18.0 Å². The fraction of sp³-hybridized carbons (Fsp3) is 0.647. The van der Waals surface area contributed by atoms with Crippen LogP contribution >= 0.6 is 0 Å². The minimum Gasteiger partial charge on any atom is -0.372 e. The van der Waals surface area contributed by atoms with E-state index in [1.54, 1.807) is 0 Å². The van der Waals surface area contributed by atoms with E-state index in [2.05, 4.69) is 48.3 Å². The third kappa shape index (κ3) is 4.22. The van der Waals surface area contributed by atoms with E-state index in [1.807, 2.05) is 0 Å². The van der Waals surface area contributed by atoms with Crippen molar-refractivity contribution >= 4 is 5.69 Å². The highest BCUT2D eigenvalue weighted by Gasteiger charge is 2.17. The van der Waals surface area contributed by atoms with Crippen molar-refractivity contribution < 1.29 is 0 Å². The molecule has 0 bridgehead atoms. The first-order valence-electron chi connectivity index (χ1n) is 8.05. The van der Waals surface area contributed by atoms with Crippen molar-refractivity contribution in [3.8, 4) is 0 Å². The van der Waals surface area contributed by atoms with Crippen molar-refractivity contribution in [3.63, 3.8) is 0 Å². The zero-order valence-corrected chi connectivity index (χ0v) is 12.9. The monoisotopic (exact) mass is 275 g/mol. The van der Waals surface area contributed by atoms with Gasteiger partial charge in [-0.25, -0.2) is 0 Å². The van der Waals surface area contributed by atoms with Crippen LogP contribution in [-0.4, -0.2) is 25.2 Å². The fourth-order valence-electron chi connectivity index (χ4n) is 3.00. The molecule has 0 saturated heterocycles. The van der Waals surface area contributed by atoms with Gasteiger partial charge < -0.3 is 16.0 Å². The second-order valence-corrected chi connectivity index (χ2v) is 5.83. The molecule has 0 heterocycles. The van der Waals surface area contributed by atoms with Crippen LogP contribution in [0.1, 0.15) is 45.1 Å². The largest absolute Gasteiger partial charge is 0.372 e. The Morgan fingerprint density at radius 3 is 2.20 bits per heavy atom. The highest BCUT2D eigenvalue weighted by molar-refractivity contribution is 5.47. The van der Waals surface area contributed by atoms with Crippen LogP contribution in [0, 0.1) is 0 Å². The summed E-state index contributed by atoms with van der Waals surface area (Å²) < 4.78 is 0. The van der Waals surface area contributed by atoms with Gasteiger partial charge in [-0.05, 0) is 57.2 Å². The van der Waals surface area contributed by atoms with E-state index in [0.29, 0.717) is 12.1 Å². The molecule has 1 saturated carbocycles. The number of benzene rings is 1. The SMILES string of the molecule is CCN(CC)c1ccc(CNC2CCC(N)CC2)cc1. The van der Waals surface area contributed by atoms with Crippen molar-refractivity contribution in [1.82, 2.24) is 5.32 Å². The van der Waals surface area contributed by atoms with Crippen molar-refractivity contribution in [2.45, 2.75) is 58.2 Å². The van der Waals surface area contributed by atoms with Gasteiger partial charge in [-0.3, -0.25) is 0 Å². The van der Waals surface area contributed by atoms with E-state index in [9.17, 15) is 0 Å². The second-order valence-electron chi connectivity index (χ2n) is 5.83. The summed E-state index contributed by atoms with van der Waals surface area (Å²) in [7, 11) is 0. The maximum Gasteiger partial charge on any atom is 0.0366 e. The number of hydrogen-bond donors (Lipinski definition) is 2. The lowest BCUT2D eigenvalue weighted by molar-refractivity contribution is 0.342. The number of nitrogens with two attached hydrogens (primary N) is 1. The van der Waals surface area contributed by atoms with Crippen LogP contribution in [0.15, 0.2) is 24.3 Å². The van der Waals surface area contributed by atoms with Gasteiger partial charge in [-0.1, -0.05) is 12.1 Å². The van der Waals surface area contributed by atoms with E-state index in [1.165, 1.54) is 36.9 Å². The van der Waals surface area contributed by atoms with Crippen LogP contribution in [0.3, 0.4) is 0 Å². The molecule has 3 heteroatoms. The Morgan fingerprint density at radius 1 is 1.05 bits per heavy atom. The first kappa shape index (κ1) is 15.3. The lowest BCUT2D eigenvalue weighted by Gasteiger charge is -2.27. The van der Waals surface area contributed by atoms with Gasteiger partial charge in [0.2, 0.25) is 0 Å². The molecule has 1 aliphatic carbocycles. The van der Waals surface area contributed by atoms with E-state index in [-0.39, 0.29) is 0 Å². The predicted molar refractivity (Wildman–Crippen MR) is 87.1 cm³/mol. The summed E-state index contributed by atoms with van der Waals surface area (Å²) in [5.41, 5.74) is 8.64. The molecule has 3 N–H and O–H groups in total. The summed E-state index contributed by atoms with van der Waals surface area (Å²) in [6.45, 7) is 7.50. The van der Waals surface area contributed by atoms with Gasteiger partial charge in [-0.15, -0.1) is 0 Å². The normalized spacial score (nSPS) is 22.8. The van der Waals surface area contributed by atoms with E-state index in [0.717, 1.165) is 19.6 Å². The van der Waals surface area contributed by atoms with E-state index >= 15 is 0 Å². The molecule has 2 rings (SSSR count). The van der Waals surface area contributed by atoms with Crippen LogP contribution in [-0.2, 0) is 6.54 Å². The molecule has 3 nitrogen and oxygen atoms in total. The molecule has 0 radical (unpaired) electrons. The molecular formula is C17H29N3. The Labute approximate surface area is 123 Å². The zero-order valence-electron chi connectivity index (χ0n) is 12.9. The summed E-state index contributed by atoms with van der Waals surface area (Å²) in [5.74, 6) is 0. The van der Waals surface area contributed by atoms with Gasteiger partial charge in [-0.2, -0.15) is 0 Å². The van der Waals surface area contributed by atoms with Gasteiger partial charge in [0, 0.05) is 37.4 Å². The Bertz CT molecular complexity index is 376. The molecule has 1 fully saturated rings. The fourth-order valence-corrected chi connectivity index (χ4v) is 3.00. The molecule has 0 amide bonds. The van der Waals surface area contributed by atoms with Gasteiger partial charge in [0.05, 0.1) is 0 Å². The standard InChI is InChI=1S/C17H29N3/c1-3-20(4-2)17-11-5-14(6-12-17)13-19-16-9-7-15(18)8-10-16/h5-6,11-12,15-16,19H,3-4,7-10,13,18H2,1-2H3. The zero-order chi connectivity index (χ0) is 14.4. The minimum atomic E-state index is 0.432. The van der Waals surface area contributed by atoms with Gasteiger partial charge in [0.15, 0.2) is 0 Å². The Hall–Kier alpha value is -1.06. The van der Waals surface area contributed by atoms with Crippen LogP contribution in [0.25, 0.3) is 0 Å². The predicted octanol–water partition coefficient (Wildman–Crippen LogP) is 2.89. The number of nitrogens with zero attached hydrogens (tertiary/aromatic N) is 1. The number of rotatable bonds is 6. The first-order chi connectivity index (χ1) is 9.72. The third-order valence-electron chi connectivity index (χ3n) is 4.43. The first-order valence-corrected chi connectivity index (χ1v) is 8.05. The smallest absolute Gasteiger partial charge is 0.0366 e. The van der Waals surface area contributed by atoms with Gasteiger partial charge in [0.1, 0.15) is 0 Å². The molecule has 1 aromatic carbocycles. The summed E-state index contributed by atoms with van der Waals surface area (Å²) in [4.78, 5) is 2.37. The molecule has 1 aromatic rings. The maximum atomic E-state index is 5.94. The lowest BCUT2D eigenvalue weighted by Crippen LogP contribution is -2.37. The van der Waals surface area contributed by atoms with Crippen molar-refractivity contribution in [1.29, 1.82) is 0 Å². The van der Waals surface area contributed by atoms with Gasteiger partial charge >= 0.3 is 0 Å². The summed E-state index contributed by atoms with van der Waals surface area (Å²) in [5, 5.41) is 3.67. The van der Waals surface area contributed by atoms with Crippen LogP contribution in [0.4, 0.5) is 5.69 Å². The Balaban J connectivity index is 1.81. The third-order valence-corrected chi connectivity index (χ3v) is 4.43. The topological polar surface area (TPSA) is 41.3 Å². The molecule has 20 heavy (non-hydrogen) atoms. The Kier molecular flexibility index (Phi) is 5.86. The average molecular weight is 275 g/mol. The minimum absolute atomic E-state index is 0.432. The Morgan fingerprint density at radius 2 is 1.65 bits per heavy atom. The lowest BCUT2D eigenvalue weighted by atomic mass is 9.92. The van der Waals surface area contributed by atoms with Crippen molar-refractivity contribution in [2.24, 2.45) is 5.73 Å². The summed E-state index contributed by atoms with van der Waals surface area (Å²) >= 11 is 0.